The van der Waals surface area contributed by atoms with Crippen LogP contribution in [0.1, 0.15) is 49.0 Å². The quantitative estimate of drug-likeness (QED) is 0.308. The first-order chi connectivity index (χ1) is 18.9. The SMILES string of the molecule is CC(C)(CCl)C(=O)Nc1ccc(N2CCC(Cc3ccccc3)CC2)c(C(=O)NCCCN2CCOCC2)c1. The Hall–Kier alpha value is -2.61. The van der Waals surface area contributed by atoms with Crippen molar-refractivity contribution >= 4 is 34.8 Å². The molecule has 2 aromatic carbocycles. The number of amides is 2. The number of benzene rings is 2. The predicted octanol–water partition coefficient (Wildman–Crippen LogP) is 4.80. The number of halogens is 1. The molecule has 0 radical (unpaired) electrons. The van der Waals surface area contributed by atoms with E-state index < -0.39 is 5.41 Å². The maximum Gasteiger partial charge on any atom is 0.253 e. The van der Waals surface area contributed by atoms with Crippen molar-refractivity contribution in [1.82, 2.24) is 10.2 Å². The Bertz CT molecular complexity index is 1080. The van der Waals surface area contributed by atoms with Gasteiger partial charge in [-0.2, -0.15) is 0 Å². The molecule has 4 rings (SSSR count). The number of rotatable bonds is 11. The molecule has 2 heterocycles. The van der Waals surface area contributed by atoms with Crippen molar-refractivity contribution in [2.24, 2.45) is 11.3 Å². The normalized spacial score (nSPS) is 17.2. The van der Waals surface area contributed by atoms with Crippen LogP contribution in [0.25, 0.3) is 0 Å². The summed E-state index contributed by atoms with van der Waals surface area (Å²) in [6, 6.07) is 16.3. The van der Waals surface area contributed by atoms with Crippen molar-refractivity contribution in [1.29, 1.82) is 0 Å². The Kier molecular flexibility index (Phi) is 10.7. The average molecular weight is 555 g/mol. The first kappa shape index (κ1) is 29.4. The summed E-state index contributed by atoms with van der Waals surface area (Å²) in [5, 5.41) is 6.09. The van der Waals surface area contributed by atoms with Crippen LogP contribution in [-0.2, 0) is 16.0 Å². The van der Waals surface area contributed by atoms with Gasteiger partial charge in [-0.05, 0) is 75.8 Å². The van der Waals surface area contributed by atoms with Gasteiger partial charge in [-0.25, -0.2) is 0 Å². The zero-order valence-corrected chi connectivity index (χ0v) is 24.1. The van der Waals surface area contributed by atoms with Crippen LogP contribution >= 0.6 is 11.6 Å². The Morgan fingerprint density at radius 3 is 2.44 bits per heavy atom. The molecule has 0 saturated carbocycles. The number of alkyl halides is 1. The largest absolute Gasteiger partial charge is 0.379 e. The first-order valence-corrected chi connectivity index (χ1v) is 14.8. The van der Waals surface area contributed by atoms with Crippen molar-refractivity contribution in [2.75, 3.05) is 68.6 Å². The van der Waals surface area contributed by atoms with Crippen LogP contribution in [0.3, 0.4) is 0 Å². The van der Waals surface area contributed by atoms with Gasteiger partial charge in [0.15, 0.2) is 0 Å². The Morgan fingerprint density at radius 2 is 1.74 bits per heavy atom. The first-order valence-electron chi connectivity index (χ1n) is 14.2. The zero-order chi connectivity index (χ0) is 27.7. The molecule has 2 aromatic rings. The topological polar surface area (TPSA) is 73.9 Å². The molecule has 0 atom stereocenters. The molecule has 0 bridgehead atoms. The standard InChI is InChI=1S/C31H43ClN4O3/c1-31(2,23-32)30(38)34-26-9-10-28(36-15-11-25(12-16-36)21-24-7-4-3-5-8-24)27(22-26)29(37)33-13-6-14-35-17-19-39-20-18-35/h3-5,7-10,22,25H,6,11-21,23H2,1-2H3,(H,33,37)(H,34,38). The predicted molar refractivity (Wildman–Crippen MR) is 159 cm³/mol. The Labute approximate surface area is 238 Å². The molecule has 39 heavy (non-hydrogen) atoms. The van der Waals surface area contributed by atoms with E-state index in [1.807, 2.05) is 32.0 Å². The summed E-state index contributed by atoms with van der Waals surface area (Å²) < 4.78 is 5.42. The van der Waals surface area contributed by atoms with Gasteiger partial charge in [-0.15, -0.1) is 11.6 Å². The number of carbonyl (C=O) groups excluding carboxylic acids is 2. The molecular weight excluding hydrogens is 512 g/mol. The molecule has 2 N–H and O–H groups in total. The monoisotopic (exact) mass is 554 g/mol. The highest BCUT2D eigenvalue weighted by Gasteiger charge is 2.28. The molecule has 2 amide bonds. The summed E-state index contributed by atoms with van der Waals surface area (Å²) in [5.41, 5.74) is 2.81. The van der Waals surface area contributed by atoms with Crippen molar-refractivity contribution < 1.29 is 14.3 Å². The second-order valence-electron chi connectivity index (χ2n) is 11.4. The molecule has 2 aliphatic rings. The third-order valence-electron chi connectivity index (χ3n) is 7.81. The Morgan fingerprint density at radius 1 is 1.03 bits per heavy atom. The fourth-order valence-electron chi connectivity index (χ4n) is 5.18. The number of hydrogen-bond acceptors (Lipinski definition) is 5. The number of ether oxygens (including phenoxy) is 1. The minimum atomic E-state index is -0.706. The molecule has 212 valence electrons. The van der Waals surface area contributed by atoms with Crippen LogP contribution in [-0.4, -0.2) is 75.1 Å². The lowest BCUT2D eigenvalue weighted by Gasteiger charge is -2.35. The fraction of sp³-hybridized carbons (Fsp3) is 0.548. The number of piperidine rings is 1. The van der Waals surface area contributed by atoms with Gasteiger partial charge in [-0.1, -0.05) is 30.3 Å². The van der Waals surface area contributed by atoms with E-state index in [1.165, 1.54) is 5.56 Å². The third-order valence-corrected chi connectivity index (χ3v) is 8.48. The van der Waals surface area contributed by atoms with E-state index in [0.717, 1.165) is 77.3 Å². The molecule has 8 heteroatoms. The highest BCUT2D eigenvalue weighted by molar-refractivity contribution is 6.20. The van der Waals surface area contributed by atoms with Crippen LogP contribution in [0.4, 0.5) is 11.4 Å². The van der Waals surface area contributed by atoms with Crippen molar-refractivity contribution in [3.8, 4) is 0 Å². The number of morpholine rings is 1. The summed E-state index contributed by atoms with van der Waals surface area (Å²) in [5.74, 6) is 0.582. The van der Waals surface area contributed by atoms with Crippen molar-refractivity contribution in [3.63, 3.8) is 0 Å². The van der Waals surface area contributed by atoms with E-state index in [-0.39, 0.29) is 17.7 Å². The highest BCUT2D eigenvalue weighted by atomic mass is 35.5. The van der Waals surface area contributed by atoms with E-state index in [9.17, 15) is 9.59 Å². The summed E-state index contributed by atoms with van der Waals surface area (Å²) in [4.78, 5) is 30.9. The summed E-state index contributed by atoms with van der Waals surface area (Å²) in [6.07, 6.45) is 4.13. The molecular formula is C31H43ClN4O3. The molecule has 0 aromatic heterocycles. The van der Waals surface area contributed by atoms with Gasteiger partial charge in [-0.3, -0.25) is 14.5 Å². The van der Waals surface area contributed by atoms with Crippen LogP contribution < -0.4 is 15.5 Å². The minimum absolute atomic E-state index is 0.105. The molecule has 0 aliphatic carbocycles. The van der Waals surface area contributed by atoms with Gasteiger partial charge >= 0.3 is 0 Å². The summed E-state index contributed by atoms with van der Waals surface area (Å²) >= 11 is 6.01. The highest BCUT2D eigenvalue weighted by Crippen LogP contribution is 2.31. The number of nitrogens with one attached hydrogen (secondary N) is 2. The lowest BCUT2D eigenvalue weighted by Crippen LogP contribution is -2.38. The van der Waals surface area contributed by atoms with E-state index >= 15 is 0 Å². The van der Waals surface area contributed by atoms with E-state index in [4.69, 9.17) is 16.3 Å². The van der Waals surface area contributed by atoms with Crippen LogP contribution in [0.5, 0.6) is 0 Å². The second kappa shape index (κ2) is 14.1. The molecule has 0 unspecified atom stereocenters. The van der Waals surface area contributed by atoms with Gasteiger partial charge in [0, 0.05) is 50.0 Å². The number of nitrogens with zero attached hydrogens (tertiary/aromatic N) is 2. The molecule has 2 aliphatic heterocycles. The van der Waals surface area contributed by atoms with Gasteiger partial charge in [0.05, 0.1) is 24.2 Å². The van der Waals surface area contributed by atoms with E-state index in [1.54, 1.807) is 0 Å². The lowest BCUT2D eigenvalue weighted by atomic mass is 9.89. The van der Waals surface area contributed by atoms with E-state index in [2.05, 4.69) is 50.8 Å². The van der Waals surface area contributed by atoms with Crippen LogP contribution in [0.2, 0.25) is 0 Å². The van der Waals surface area contributed by atoms with Crippen molar-refractivity contribution in [2.45, 2.75) is 39.5 Å². The zero-order valence-electron chi connectivity index (χ0n) is 23.4. The summed E-state index contributed by atoms with van der Waals surface area (Å²) in [6.45, 7) is 10.4. The molecule has 0 spiro atoms. The summed E-state index contributed by atoms with van der Waals surface area (Å²) in [7, 11) is 0. The van der Waals surface area contributed by atoms with Gasteiger partial charge in [0.1, 0.15) is 0 Å². The van der Waals surface area contributed by atoms with Crippen LogP contribution in [0, 0.1) is 11.3 Å². The second-order valence-corrected chi connectivity index (χ2v) is 11.7. The smallest absolute Gasteiger partial charge is 0.253 e. The third kappa shape index (κ3) is 8.44. The van der Waals surface area contributed by atoms with Crippen molar-refractivity contribution in [3.05, 3.63) is 59.7 Å². The minimum Gasteiger partial charge on any atom is -0.379 e. The number of carbonyl (C=O) groups is 2. The van der Waals surface area contributed by atoms with Gasteiger partial charge < -0.3 is 20.3 Å². The number of hydrogen-bond donors (Lipinski definition) is 2. The van der Waals surface area contributed by atoms with E-state index in [0.29, 0.717) is 23.7 Å². The van der Waals surface area contributed by atoms with Gasteiger partial charge in [0.2, 0.25) is 5.91 Å². The van der Waals surface area contributed by atoms with Gasteiger partial charge in [0.25, 0.3) is 5.91 Å². The van der Waals surface area contributed by atoms with Crippen LogP contribution in [0.15, 0.2) is 48.5 Å². The average Bonchev–Trinajstić information content (AvgIpc) is 2.96. The molecule has 2 saturated heterocycles. The molecule has 7 nitrogen and oxygen atoms in total. The fourth-order valence-corrected chi connectivity index (χ4v) is 5.30. The lowest BCUT2D eigenvalue weighted by molar-refractivity contribution is -0.122. The maximum absolute atomic E-state index is 13.5. The molecule has 2 fully saturated rings. The number of anilines is 2. The Balaban J connectivity index is 1.42. The maximum atomic E-state index is 13.5.